The van der Waals surface area contributed by atoms with Crippen molar-refractivity contribution in [2.24, 2.45) is 5.73 Å². The van der Waals surface area contributed by atoms with Crippen LogP contribution in [-0.4, -0.2) is 41.5 Å². The molecule has 3 aliphatic rings. The molecule has 4 nitrogen and oxygen atoms in total. The summed E-state index contributed by atoms with van der Waals surface area (Å²) in [6, 6.07) is 1.24. The second kappa shape index (κ2) is 4.82. The summed E-state index contributed by atoms with van der Waals surface area (Å²) >= 11 is 0. The fourth-order valence-electron chi connectivity index (χ4n) is 3.62. The van der Waals surface area contributed by atoms with E-state index in [4.69, 9.17) is 5.73 Å². The zero-order valence-corrected chi connectivity index (χ0v) is 11.2. The average molecular weight is 251 g/mol. The van der Waals surface area contributed by atoms with Gasteiger partial charge in [0.25, 0.3) is 0 Å². The molecule has 2 aliphatic carbocycles. The van der Waals surface area contributed by atoms with E-state index in [1.807, 2.05) is 0 Å². The number of hydrogen-bond donors (Lipinski definition) is 2. The van der Waals surface area contributed by atoms with Crippen molar-refractivity contribution in [2.45, 2.75) is 69.0 Å². The van der Waals surface area contributed by atoms with Gasteiger partial charge in [-0.15, -0.1) is 0 Å². The van der Waals surface area contributed by atoms with Crippen LogP contribution in [0.3, 0.4) is 0 Å². The maximum absolute atomic E-state index is 11.9. The van der Waals surface area contributed by atoms with E-state index in [9.17, 15) is 4.79 Å². The third-order valence-corrected chi connectivity index (χ3v) is 4.92. The van der Waals surface area contributed by atoms with Crippen molar-refractivity contribution in [3.8, 4) is 0 Å². The number of primary amides is 1. The highest BCUT2D eigenvalue weighted by molar-refractivity contribution is 5.85. The van der Waals surface area contributed by atoms with Crippen LogP contribution in [0.5, 0.6) is 0 Å². The van der Waals surface area contributed by atoms with Gasteiger partial charge in [-0.3, -0.25) is 15.0 Å². The van der Waals surface area contributed by atoms with Gasteiger partial charge in [-0.05, 0) is 32.1 Å². The number of nitrogens with two attached hydrogens (primary N) is 1. The molecule has 0 aromatic carbocycles. The predicted octanol–water partition coefficient (Wildman–Crippen LogP) is 1.00. The lowest BCUT2D eigenvalue weighted by atomic mass is 9.90. The van der Waals surface area contributed by atoms with Crippen LogP contribution in [0.1, 0.15) is 51.4 Å². The van der Waals surface area contributed by atoms with Crippen molar-refractivity contribution in [3.63, 3.8) is 0 Å². The van der Waals surface area contributed by atoms with Gasteiger partial charge >= 0.3 is 0 Å². The van der Waals surface area contributed by atoms with E-state index in [-0.39, 0.29) is 5.91 Å². The van der Waals surface area contributed by atoms with E-state index in [0.29, 0.717) is 6.04 Å². The number of amides is 1. The number of nitrogens with zero attached hydrogens (tertiary/aromatic N) is 1. The molecule has 1 amide bonds. The minimum absolute atomic E-state index is 0.142. The molecule has 0 aromatic rings. The fourth-order valence-corrected chi connectivity index (χ4v) is 3.62. The summed E-state index contributed by atoms with van der Waals surface area (Å²) in [4.78, 5) is 14.4. The van der Waals surface area contributed by atoms with Crippen molar-refractivity contribution in [1.82, 2.24) is 10.2 Å². The van der Waals surface area contributed by atoms with Gasteiger partial charge in [0.15, 0.2) is 0 Å². The molecule has 102 valence electrons. The van der Waals surface area contributed by atoms with E-state index in [1.165, 1.54) is 44.9 Å². The molecule has 1 unspecified atom stereocenters. The standard InChI is InChI=1S/C14H25N3O/c15-13(18)14(16-11-4-2-1-3-5-11)8-9-17(10-14)12-6-7-12/h11-12,16H,1-10H2,(H2,15,18). The van der Waals surface area contributed by atoms with Crippen LogP contribution in [0.25, 0.3) is 0 Å². The van der Waals surface area contributed by atoms with E-state index >= 15 is 0 Å². The Balaban J connectivity index is 1.65. The Morgan fingerprint density at radius 3 is 2.50 bits per heavy atom. The van der Waals surface area contributed by atoms with E-state index < -0.39 is 5.54 Å². The molecule has 2 saturated carbocycles. The van der Waals surface area contributed by atoms with Crippen LogP contribution in [0.2, 0.25) is 0 Å². The van der Waals surface area contributed by atoms with E-state index in [0.717, 1.165) is 25.6 Å². The molecule has 18 heavy (non-hydrogen) atoms. The normalized spacial score (nSPS) is 34.9. The van der Waals surface area contributed by atoms with Gasteiger partial charge in [0, 0.05) is 25.2 Å². The van der Waals surface area contributed by atoms with Gasteiger partial charge in [-0.2, -0.15) is 0 Å². The highest BCUT2D eigenvalue weighted by atomic mass is 16.1. The SMILES string of the molecule is NC(=O)C1(NC2CCCCC2)CCN(C2CC2)C1. The molecular formula is C14H25N3O. The maximum atomic E-state index is 11.9. The molecule has 1 atom stereocenters. The molecule has 3 rings (SSSR count). The molecule has 1 heterocycles. The van der Waals surface area contributed by atoms with Crippen LogP contribution < -0.4 is 11.1 Å². The Bertz CT molecular complexity index is 323. The summed E-state index contributed by atoms with van der Waals surface area (Å²) in [5.41, 5.74) is 5.26. The van der Waals surface area contributed by atoms with Crippen molar-refractivity contribution in [3.05, 3.63) is 0 Å². The van der Waals surface area contributed by atoms with Crippen molar-refractivity contribution >= 4 is 5.91 Å². The number of likely N-dealkylation sites (tertiary alicyclic amines) is 1. The first-order valence-corrected chi connectivity index (χ1v) is 7.51. The van der Waals surface area contributed by atoms with Crippen LogP contribution in [-0.2, 0) is 4.79 Å². The molecule has 0 radical (unpaired) electrons. The quantitative estimate of drug-likeness (QED) is 0.784. The predicted molar refractivity (Wildman–Crippen MR) is 71.1 cm³/mol. The Hall–Kier alpha value is -0.610. The van der Waals surface area contributed by atoms with E-state index in [1.54, 1.807) is 0 Å². The molecule has 4 heteroatoms. The fraction of sp³-hybridized carbons (Fsp3) is 0.929. The monoisotopic (exact) mass is 251 g/mol. The van der Waals surface area contributed by atoms with E-state index in [2.05, 4.69) is 10.2 Å². The van der Waals surface area contributed by atoms with Gasteiger partial charge in [-0.25, -0.2) is 0 Å². The summed E-state index contributed by atoms with van der Waals surface area (Å²) in [5, 5.41) is 3.63. The number of rotatable bonds is 4. The minimum atomic E-state index is -0.440. The Kier molecular flexibility index (Phi) is 3.32. The van der Waals surface area contributed by atoms with Gasteiger partial charge in [-0.1, -0.05) is 19.3 Å². The summed E-state index contributed by atoms with van der Waals surface area (Å²) in [7, 11) is 0. The first-order valence-electron chi connectivity index (χ1n) is 7.51. The molecule has 1 saturated heterocycles. The van der Waals surface area contributed by atoms with Gasteiger partial charge in [0.2, 0.25) is 5.91 Å². The topological polar surface area (TPSA) is 58.4 Å². The van der Waals surface area contributed by atoms with Crippen LogP contribution in [0.4, 0.5) is 0 Å². The first kappa shape index (κ1) is 12.4. The lowest BCUT2D eigenvalue weighted by molar-refractivity contribution is -0.124. The van der Waals surface area contributed by atoms with Gasteiger partial charge < -0.3 is 5.73 Å². The maximum Gasteiger partial charge on any atom is 0.239 e. The summed E-state index contributed by atoms with van der Waals surface area (Å²) in [6.07, 6.45) is 9.84. The average Bonchev–Trinajstić information content (AvgIpc) is 3.13. The van der Waals surface area contributed by atoms with Crippen LogP contribution in [0.15, 0.2) is 0 Å². The summed E-state index contributed by atoms with van der Waals surface area (Å²) in [5.74, 6) is -0.142. The second-order valence-electron chi connectivity index (χ2n) is 6.38. The van der Waals surface area contributed by atoms with Crippen molar-refractivity contribution in [1.29, 1.82) is 0 Å². The zero-order chi connectivity index (χ0) is 12.6. The molecule has 1 aliphatic heterocycles. The molecular weight excluding hydrogens is 226 g/mol. The lowest BCUT2D eigenvalue weighted by Crippen LogP contribution is -2.60. The first-order chi connectivity index (χ1) is 8.70. The van der Waals surface area contributed by atoms with Crippen molar-refractivity contribution in [2.75, 3.05) is 13.1 Å². The minimum Gasteiger partial charge on any atom is -0.368 e. The highest BCUT2D eigenvalue weighted by Crippen LogP contribution is 2.34. The second-order valence-corrected chi connectivity index (χ2v) is 6.38. The highest BCUT2D eigenvalue weighted by Gasteiger charge is 2.47. The molecule has 3 fully saturated rings. The third-order valence-electron chi connectivity index (χ3n) is 4.92. The lowest BCUT2D eigenvalue weighted by Gasteiger charge is -2.34. The largest absolute Gasteiger partial charge is 0.368 e. The zero-order valence-electron chi connectivity index (χ0n) is 11.2. The third kappa shape index (κ3) is 2.41. The number of hydrogen-bond acceptors (Lipinski definition) is 3. The molecule has 3 N–H and O–H groups in total. The molecule has 0 aromatic heterocycles. The summed E-state index contributed by atoms with van der Waals surface area (Å²) < 4.78 is 0. The molecule has 0 spiro atoms. The number of carbonyl (C=O) groups excluding carboxylic acids is 1. The smallest absolute Gasteiger partial charge is 0.239 e. The molecule has 0 bridgehead atoms. The van der Waals surface area contributed by atoms with Crippen molar-refractivity contribution < 1.29 is 4.79 Å². The number of nitrogens with one attached hydrogen (secondary N) is 1. The van der Waals surface area contributed by atoms with Crippen LogP contribution >= 0.6 is 0 Å². The van der Waals surface area contributed by atoms with Gasteiger partial charge in [0.1, 0.15) is 5.54 Å². The Labute approximate surface area is 109 Å². The number of carbonyl (C=O) groups is 1. The summed E-state index contributed by atoms with van der Waals surface area (Å²) in [6.45, 7) is 1.87. The van der Waals surface area contributed by atoms with Gasteiger partial charge in [0.05, 0.1) is 0 Å². The Morgan fingerprint density at radius 1 is 1.17 bits per heavy atom. The van der Waals surface area contributed by atoms with Crippen LogP contribution in [0, 0.1) is 0 Å². The Morgan fingerprint density at radius 2 is 1.89 bits per heavy atom.